The summed E-state index contributed by atoms with van der Waals surface area (Å²) in [4.78, 5) is 0. The summed E-state index contributed by atoms with van der Waals surface area (Å²) in [7, 11) is 1.77. The molecule has 1 N–H and O–H groups in total. The van der Waals surface area contributed by atoms with Crippen LogP contribution in [0.1, 0.15) is 40.0 Å². The van der Waals surface area contributed by atoms with Crippen molar-refractivity contribution in [3.63, 3.8) is 0 Å². The van der Waals surface area contributed by atoms with Crippen molar-refractivity contribution in [2.45, 2.75) is 50.8 Å². The molecule has 0 saturated carbocycles. The fraction of sp³-hybridized carbons (Fsp3) is 1.00. The van der Waals surface area contributed by atoms with Crippen LogP contribution in [0.15, 0.2) is 0 Å². The molecule has 0 spiro atoms. The summed E-state index contributed by atoms with van der Waals surface area (Å²) in [5.74, 6) is 0. The molecule has 0 aliphatic carbocycles. The van der Waals surface area contributed by atoms with E-state index < -0.39 is 0 Å². The van der Waals surface area contributed by atoms with Crippen LogP contribution >= 0.6 is 11.8 Å². The third-order valence-electron chi connectivity index (χ3n) is 3.30. The van der Waals surface area contributed by atoms with E-state index in [1.54, 1.807) is 7.11 Å². The van der Waals surface area contributed by atoms with E-state index in [0.717, 1.165) is 19.6 Å². The van der Waals surface area contributed by atoms with Crippen molar-refractivity contribution >= 4 is 11.8 Å². The van der Waals surface area contributed by atoms with Crippen molar-refractivity contribution in [1.29, 1.82) is 0 Å². The van der Waals surface area contributed by atoms with Crippen LogP contribution in [-0.2, 0) is 4.74 Å². The molecule has 3 heteroatoms. The minimum Gasteiger partial charge on any atom is -0.383 e. The van der Waals surface area contributed by atoms with E-state index >= 15 is 0 Å². The Labute approximate surface area is 99.5 Å². The Bertz CT molecular complexity index is 140. The number of hydrogen-bond acceptors (Lipinski definition) is 3. The van der Waals surface area contributed by atoms with E-state index in [1.165, 1.54) is 12.8 Å². The predicted octanol–water partition coefficient (Wildman–Crippen LogP) is 2.92. The van der Waals surface area contributed by atoms with Crippen molar-refractivity contribution in [3.8, 4) is 0 Å². The first-order valence-corrected chi connectivity index (χ1v) is 7.17. The molecule has 0 aliphatic heterocycles. The molecular formula is C12H27NOS. The summed E-state index contributed by atoms with van der Waals surface area (Å²) in [6.07, 6.45) is 5.79. The molecule has 0 aromatic rings. The van der Waals surface area contributed by atoms with E-state index in [1.807, 2.05) is 11.8 Å². The first kappa shape index (κ1) is 15.3. The first-order chi connectivity index (χ1) is 7.17. The molecule has 1 atom stereocenters. The van der Waals surface area contributed by atoms with Gasteiger partial charge in [0.05, 0.1) is 6.61 Å². The van der Waals surface area contributed by atoms with E-state index in [2.05, 4.69) is 32.3 Å². The van der Waals surface area contributed by atoms with Crippen LogP contribution in [0, 0.1) is 0 Å². The maximum absolute atomic E-state index is 5.19. The molecule has 92 valence electrons. The van der Waals surface area contributed by atoms with Gasteiger partial charge in [0.25, 0.3) is 0 Å². The Balaban J connectivity index is 4.06. The fourth-order valence-corrected chi connectivity index (χ4v) is 2.52. The van der Waals surface area contributed by atoms with Crippen LogP contribution in [0.25, 0.3) is 0 Å². The lowest BCUT2D eigenvalue weighted by Crippen LogP contribution is -2.43. The van der Waals surface area contributed by atoms with Gasteiger partial charge in [-0.3, -0.25) is 0 Å². The Morgan fingerprint density at radius 1 is 1.27 bits per heavy atom. The average Bonchev–Trinajstić information content (AvgIpc) is 2.30. The van der Waals surface area contributed by atoms with Crippen molar-refractivity contribution in [2.24, 2.45) is 0 Å². The zero-order valence-corrected chi connectivity index (χ0v) is 11.7. The number of rotatable bonds is 9. The van der Waals surface area contributed by atoms with Gasteiger partial charge in [-0.15, -0.1) is 0 Å². The Hall–Kier alpha value is 0.270. The van der Waals surface area contributed by atoms with Gasteiger partial charge in [-0.05, 0) is 25.5 Å². The second kappa shape index (κ2) is 8.43. The van der Waals surface area contributed by atoms with Crippen molar-refractivity contribution in [1.82, 2.24) is 5.32 Å². The highest BCUT2D eigenvalue weighted by Crippen LogP contribution is 2.29. The second-order valence-corrected chi connectivity index (χ2v) is 5.31. The minimum atomic E-state index is 0.404. The molecule has 0 saturated heterocycles. The predicted molar refractivity (Wildman–Crippen MR) is 70.8 cm³/mol. The van der Waals surface area contributed by atoms with Crippen LogP contribution in [0.3, 0.4) is 0 Å². The van der Waals surface area contributed by atoms with Gasteiger partial charge in [0, 0.05) is 24.4 Å². The van der Waals surface area contributed by atoms with E-state index in [0.29, 0.717) is 10.8 Å². The Kier molecular flexibility index (Phi) is 8.58. The van der Waals surface area contributed by atoms with Gasteiger partial charge in [-0.2, -0.15) is 11.8 Å². The van der Waals surface area contributed by atoms with Gasteiger partial charge in [0.15, 0.2) is 0 Å². The molecule has 0 fully saturated rings. The van der Waals surface area contributed by atoms with Gasteiger partial charge in [0.2, 0.25) is 0 Å². The highest BCUT2D eigenvalue weighted by molar-refractivity contribution is 8.00. The zero-order valence-electron chi connectivity index (χ0n) is 10.9. The largest absolute Gasteiger partial charge is 0.383 e. The van der Waals surface area contributed by atoms with Crippen LogP contribution < -0.4 is 5.32 Å². The van der Waals surface area contributed by atoms with Crippen molar-refractivity contribution < 1.29 is 4.74 Å². The molecule has 2 nitrogen and oxygen atoms in total. The number of ether oxygens (including phenoxy) is 1. The summed E-state index contributed by atoms with van der Waals surface area (Å²) < 4.78 is 5.60. The fourth-order valence-electron chi connectivity index (χ4n) is 1.71. The smallest absolute Gasteiger partial charge is 0.0615 e. The standard InChI is InChI=1S/C12H27NOS/c1-6-11(9-14-4)13-10-12(7-2,8-3)15-5/h11,13H,6-10H2,1-5H3. The number of nitrogens with one attached hydrogen (secondary N) is 1. The van der Waals surface area contributed by atoms with Gasteiger partial charge >= 0.3 is 0 Å². The number of methoxy groups -OCH3 is 1. The first-order valence-electron chi connectivity index (χ1n) is 5.95. The zero-order chi connectivity index (χ0) is 11.7. The van der Waals surface area contributed by atoms with Crippen molar-refractivity contribution in [3.05, 3.63) is 0 Å². The Morgan fingerprint density at radius 2 is 1.87 bits per heavy atom. The summed E-state index contributed by atoms with van der Waals surface area (Å²) in [6, 6.07) is 0.500. The minimum absolute atomic E-state index is 0.404. The average molecular weight is 233 g/mol. The van der Waals surface area contributed by atoms with Crippen LogP contribution in [-0.4, -0.2) is 37.3 Å². The lowest BCUT2D eigenvalue weighted by molar-refractivity contribution is 0.162. The van der Waals surface area contributed by atoms with Gasteiger partial charge in [-0.1, -0.05) is 20.8 Å². The van der Waals surface area contributed by atoms with Gasteiger partial charge in [0.1, 0.15) is 0 Å². The normalized spacial score (nSPS) is 14.2. The molecule has 15 heavy (non-hydrogen) atoms. The summed E-state index contributed by atoms with van der Waals surface area (Å²) in [5, 5.41) is 3.62. The molecule has 0 aliphatic rings. The molecule has 0 amide bonds. The molecule has 0 heterocycles. The molecule has 0 aromatic heterocycles. The van der Waals surface area contributed by atoms with E-state index in [4.69, 9.17) is 4.74 Å². The van der Waals surface area contributed by atoms with Crippen molar-refractivity contribution in [2.75, 3.05) is 26.5 Å². The molecule has 0 rings (SSSR count). The van der Waals surface area contributed by atoms with E-state index in [9.17, 15) is 0 Å². The van der Waals surface area contributed by atoms with E-state index in [-0.39, 0.29) is 0 Å². The Morgan fingerprint density at radius 3 is 2.20 bits per heavy atom. The maximum Gasteiger partial charge on any atom is 0.0615 e. The third kappa shape index (κ3) is 5.23. The quantitative estimate of drug-likeness (QED) is 0.661. The third-order valence-corrected chi connectivity index (χ3v) is 4.88. The van der Waals surface area contributed by atoms with Gasteiger partial charge in [-0.25, -0.2) is 0 Å². The summed E-state index contributed by atoms with van der Waals surface area (Å²) in [5.41, 5.74) is 0. The van der Waals surface area contributed by atoms with Crippen LogP contribution in [0.2, 0.25) is 0 Å². The molecule has 0 bridgehead atoms. The topological polar surface area (TPSA) is 21.3 Å². The number of hydrogen-bond donors (Lipinski definition) is 1. The second-order valence-electron chi connectivity index (χ2n) is 4.04. The van der Waals surface area contributed by atoms with Crippen LogP contribution in [0.4, 0.5) is 0 Å². The molecule has 0 aromatic carbocycles. The maximum atomic E-state index is 5.19. The highest BCUT2D eigenvalue weighted by Gasteiger charge is 2.25. The molecule has 0 radical (unpaired) electrons. The SMILES string of the molecule is CCC(COC)NCC(CC)(CC)SC. The lowest BCUT2D eigenvalue weighted by atomic mass is 10.0. The highest BCUT2D eigenvalue weighted by atomic mass is 32.2. The lowest BCUT2D eigenvalue weighted by Gasteiger charge is -2.32. The molecular weight excluding hydrogens is 206 g/mol. The molecule has 1 unspecified atom stereocenters. The summed E-state index contributed by atoms with van der Waals surface area (Å²) >= 11 is 1.98. The van der Waals surface area contributed by atoms with Crippen LogP contribution in [0.5, 0.6) is 0 Å². The monoisotopic (exact) mass is 233 g/mol. The summed E-state index contributed by atoms with van der Waals surface area (Å²) in [6.45, 7) is 8.66. The van der Waals surface area contributed by atoms with Gasteiger partial charge < -0.3 is 10.1 Å². The number of thioether (sulfide) groups is 1.